The molecule has 3 aromatic rings. The first kappa shape index (κ1) is 19.7. The van der Waals surface area contributed by atoms with E-state index in [1.165, 1.54) is 0 Å². The van der Waals surface area contributed by atoms with Crippen molar-refractivity contribution in [2.45, 2.75) is 18.7 Å². The molecule has 0 bridgehead atoms. The van der Waals surface area contributed by atoms with Gasteiger partial charge in [0.1, 0.15) is 5.75 Å². The fraction of sp³-hybridized carbons (Fsp3) is 0.130. The lowest BCUT2D eigenvalue weighted by Crippen LogP contribution is -2.18. The predicted octanol–water partition coefficient (Wildman–Crippen LogP) is 4.76. The largest absolute Gasteiger partial charge is 0.494 e. The first-order valence-electron chi connectivity index (χ1n) is 9.07. The monoisotopic (exact) mass is 393 g/mol. The van der Waals surface area contributed by atoms with Crippen molar-refractivity contribution < 1.29 is 13.2 Å². The summed E-state index contributed by atoms with van der Waals surface area (Å²) in [6.07, 6.45) is 1.54. The third kappa shape index (κ3) is 4.81. The molecule has 0 spiro atoms. The van der Waals surface area contributed by atoms with Gasteiger partial charge in [-0.15, -0.1) is 0 Å². The molecule has 0 aliphatic heterocycles. The van der Waals surface area contributed by atoms with Crippen LogP contribution in [-0.2, 0) is 10.0 Å². The molecule has 0 amide bonds. The molecule has 0 atom stereocenters. The Labute approximate surface area is 166 Å². The van der Waals surface area contributed by atoms with Crippen LogP contribution in [0.4, 0.5) is 0 Å². The van der Waals surface area contributed by atoms with Gasteiger partial charge in [-0.2, -0.15) is 0 Å². The molecule has 4 nitrogen and oxygen atoms in total. The summed E-state index contributed by atoms with van der Waals surface area (Å²) in [7, 11) is -3.66. The maximum absolute atomic E-state index is 12.7. The lowest BCUT2D eigenvalue weighted by atomic mass is 9.99. The van der Waals surface area contributed by atoms with E-state index in [2.05, 4.69) is 4.72 Å². The van der Waals surface area contributed by atoms with Gasteiger partial charge in [-0.25, -0.2) is 8.42 Å². The summed E-state index contributed by atoms with van der Waals surface area (Å²) in [5.41, 5.74) is 3.59. The summed E-state index contributed by atoms with van der Waals surface area (Å²) < 4.78 is 33.5. The van der Waals surface area contributed by atoms with Gasteiger partial charge in [0.15, 0.2) is 0 Å². The second-order valence-corrected chi connectivity index (χ2v) is 8.03. The van der Waals surface area contributed by atoms with Crippen LogP contribution in [0.15, 0.2) is 90.0 Å². The molecule has 0 unspecified atom stereocenters. The summed E-state index contributed by atoms with van der Waals surface area (Å²) in [5, 5.41) is 0. The van der Waals surface area contributed by atoms with E-state index in [1.54, 1.807) is 30.5 Å². The van der Waals surface area contributed by atoms with Gasteiger partial charge in [0.2, 0.25) is 0 Å². The van der Waals surface area contributed by atoms with Gasteiger partial charge in [0.05, 0.1) is 11.5 Å². The number of ether oxygens (including phenoxy) is 1. The van der Waals surface area contributed by atoms with Gasteiger partial charge < -0.3 is 4.74 Å². The maximum atomic E-state index is 12.7. The number of nitrogens with one attached hydrogen (secondary N) is 1. The molecular formula is C23H23NO3S. The van der Waals surface area contributed by atoms with Crippen LogP contribution in [0.2, 0.25) is 0 Å². The van der Waals surface area contributed by atoms with Crippen molar-refractivity contribution in [2.75, 3.05) is 6.61 Å². The van der Waals surface area contributed by atoms with Gasteiger partial charge >= 0.3 is 0 Å². The van der Waals surface area contributed by atoms with Crippen molar-refractivity contribution >= 4 is 15.6 Å². The molecule has 0 radical (unpaired) electrons. The Balaban J connectivity index is 1.96. The zero-order valence-corrected chi connectivity index (χ0v) is 16.7. The van der Waals surface area contributed by atoms with Gasteiger partial charge in [-0.3, -0.25) is 4.72 Å². The van der Waals surface area contributed by atoms with Crippen molar-refractivity contribution in [3.05, 3.63) is 102 Å². The molecule has 5 heteroatoms. The normalized spacial score (nSPS) is 11.9. The molecule has 0 saturated carbocycles. The average Bonchev–Trinajstić information content (AvgIpc) is 2.71. The highest BCUT2D eigenvalue weighted by Gasteiger charge is 2.13. The van der Waals surface area contributed by atoms with Crippen LogP contribution in [0.3, 0.4) is 0 Å². The minimum Gasteiger partial charge on any atom is -0.494 e. The Bertz CT molecular complexity index is 1040. The lowest BCUT2D eigenvalue weighted by molar-refractivity contribution is 0.340. The number of sulfonamides is 1. The number of benzene rings is 3. The van der Waals surface area contributed by atoms with E-state index >= 15 is 0 Å². The quantitative estimate of drug-likeness (QED) is 0.630. The Morgan fingerprint density at radius 2 is 1.50 bits per heavy atom. The molecule has 28 heavy (non-hydrogen) atoms. The van der Waals surface area contributed by atoms with Crippen LogP contribution < -0.4 is 9.46 Å². The van der Waals surface area contributed by atoms with Crippen molar-refractivity contribution in [1.29, 1.82) is 0 Å². The third-order valence-corrected chi connectivity index (χ3v) is 5.57. The second-order valence-electron chi connectivity index (χ2n) is 6.32. The highest BCUT2D eigenvalue weighted by Crippen LogP contribution is 2.25. The molecule has 144 valence electrons. The minimum absolute atomic E-state index is 0.230. The fourth-order valence-electron chi connectivity index (χ4n) is 2.77. The second kappa shape index (κ2) is 8.76. The predicted molar refractivity (Wildman–Crippen MR) is 113 cm³/mol. The van der Waals surface area contributed by atoms with Crippen LogP contribution >= 0.6 is 0 Å². The van der Waals surface area contributed by atoms with E-state index < -0.39 is 10.0 Å². The molecule has 0 fully saturated rings. The topological polar surface area (TPSA) is 55.4 Å². The van der Waals surface area contributed by atoms with Crippen LogP contribution in [0.5, 0.6) is 5.75 Å². The molecule has 3 aromatic carbocycles. The summed E-state index contributed by atoms with van der Waals surface area (Å²) in [5.74, 6) is 0.777. The first-order chi connectivity index (χ1) is 13.5. The SMILES string of the molecule is CCOc1ccc(/C(=C/NS(=O)(=O)c2ccc(C)cc2)c2ccccc2)cc1. The van der Waals surface area contributed by atoms with Crippen LogP contribution in [0, 0.1) is 6.92 Å². The van der Waals surface area contributed by atoms with Crippen molar-refractivity contribution in [1.82, 2.24) is 4.72 Å². The Kier molecular flexibility index (Phi) is 6.16. The third-order valence-electron chi connectivity index (χ3n) is 4.25. The summed E-state index contributed by atoms with van der Waals surface area (Å²) in [6, 6.07) is 24.0. The van der Waals surface area contributed by atoms with Gasteiger partial charge in [0.25, 0.3) is 10.0 Å². The Morgan fingerprint density at radius 1 is 0.893 bits per heavy atom. The first-order valence-corrected chi connectivity index (χ1v) is 10.6. The average molecular weight is 394 g/mol. The Morgan fingerprint density at radius 3 is 2.11 bits per heavy atom. The van der Waals surface area contributed by atoms with E-state index in [4.69, 9.17) is 4.74 Å². The molecule has 0 heterocycles. The van der Waals surface area contributed by atoms with Crippen molar-refractivity contribution in [3.63, 3.8) is 0 Å². The zero-order valence-electron chi connectivity index (χ0n) is 15.9. The van der Waals surface area contributed by atoms with Gasteiger partial charge in [-0.1, -0.05) is 60.2 Å². The summed E-state index contributed by atoms with van der Waals surface area (Å²) in [6.45, 7) is 4.45. The lowest BCUT2D eigenvalue weighted by Gasteiger charge is -2.12. The smallest absolute Gasteiger partial charge is 0.261 e. The Hall–Kier alpha value is -3.05. The zero-order chi connectivity index (χ0) is 20.0. The highest BCUT2D eigenvalue weighted by atomic mass is 32.2. The molecule has 3 rings (SSSR count). The van der Waals surface area contributed by atoms with E-state index in [-0.39, 0.29) is 4.90 Å². The minimum atomic E-state index is -3.66. The standard InChI is InChI=1S/C23H23NO3S/c1-3-27-21-13-11-20(12-14-21)23(19-7-5-4-6-8-19)17-24-28(25,26)22-15-9-18(2)10-16-22/h4-17,24H,3H2,1-2H3/b23-17+. The van der Waals surface area contributed by atoms with E-state index in [0.717, 1.165) is 28.0 Å². The van der Waals surface area contributed by atoms with Crippen LogP contribution in [0.25, 0.3) is 5.57 Å². The number of aryl methyl sites for hydroxylation is 1. The van der Waals surface area contributed by atoms with E-state index in [0.29, 0.717) is 6.61 Å². The molecule has 0 aliphatic carbocycles. The molecule has 0 saturated heterocycles. The number of hydrogen-bond acceptors (Lipinski definition) is 3. The molecular weight excluding hydrogens is 370 g/mol. The molecule has 1 N–H and O–H groups in total. The van der Waals surface area contributed by atoms with E-state index in [9.17, 15) is 8.42 Å². The van der Waals surface area contributed by atoms with Crippen LogP contribution in [-0.4, -0.2) is 15.0 Å². The fourth-order valence-corrected chi connectivity index (χ4v) is 3.67. The summed E-state index contributed by atoms with van der Waals surface area (Å²) >= 11 is 0. The van der Waals surface area contributed by atoms with Crippen molar-refractivity contribution in [3.8, 4) is 5.75 Å². The van der Waals surface area contributed by atoms with E-state index in [1.807, 2.05) is 68.4 Å². The van der Waals surface area contributed by atoms with Gasteiger partial charge in [-0.05, 0) is 49.2 Å². The molecule has 0 aliphatic rings. The number of hydrogen-bond donors (Lipinski definition) is 1. The number of rotatable bonds is 7. The highest BCUT2D eigenvalue weighted by molar-refractivity contribution is 7.89. The van der Waals surface area contributed by atoms with Gasteiger partial charge in [0, 0.05) is 11.8 Å². The van der Waals surface area contributed by atoms with Crippen molar-refractivity contribution in [2.24, 2.45) is 0 Å². The summed E-state index contributed by atoms with van der Waals surface area (Å²) in [4.78, 5) is 0.230. The van der Waals surface area contributed by atoms with Crippen LogP contribution in [0.1, 0.15) is 23.6 Å². The molecule has 0 aromatic heterocycles. The maximum Gasteiger partial charge on any atom is 0.261 e.